The summed E-state index contributed by atoms with van der Waals surface area (Å²) in [5.41, 5.74) is 6.00. The van der Waals surface area contributed by atoms with E-state index >= 15 is 0 Å². The van der Waals surface area contributed by atoms with Crippen LogP contribution in [0, 0.1) is 0 Å². The van der Waals surface area contributed by atoms with E-state index in [1.807, 2.05) is 0 Å². The van der Waals surface area contributed by atoms with Crippen molar-refractivity contribution in [2.45, 2.75) is 24.5 Å². The molecule has 3 rings (SSSR count). The quantitative estimate of drug-likeness (QED) is 0.118. The van der Waals surface area contributed by atoms with Crippen LogP contribution in [0.25, 0.3) is 11.2 Å². The SMILES string of the molecule is Nc1ncnc2c1ncn2[C@@H]1O[C@H](COP(=O)(O)OP(=O)(O)OP(=O)(O)O)[C@@H](O)[C@H]1O.[H-].[H-].[Na+].[Na+]. The second-order valence-electron chi connectivity index (χ2n) is 6.02. The van der Waals surface area contributed by atoms with Crippen molar-refractivity contribution < 1.29 is 123 Å². The number of anilines is 1. The largest absolute Gasteiger partial charge is 1.00 e. The van der Waals surface area contributed by atoms with Gasteiger partial charge < -0.3 is 43.1 Å². The van der Waals surface area contributed by atoms with Crippen LogP contribution in [0.2, 0.25) is 0 Å². The van der Waals surface area contributed by atoms with Crippen molar-refractivity contribution in [2.24, 2.45) is 0 Å². The van der Waals surface area contributed by atoms with E-state index in [1.54, 1.807) is 0 Å². The zero-order valence-electron chi connectivity index (χ0n) is 18.9. The van der Waals surface area contributed by atoms with Crippen molar-refractivity contribution in [3.05, 3.63) is 12.7 Å². The van der Waals surface area contributed by atoms with Gasteiger partial charge in [-0.1, -0.05) is 0 Å². The molecule has 8 N–H and O–H groups in total. The Bertz CT molecular complexity index is 1130. The molecular weight excluding hydrogens is 537 g/mol. The number of nitrogens with zero attached hydrogens (tertiary/aromatic N) is 4. The predicted octanol–water partition coefficient (Wildman–Crippen LogP) is -7.40. The Kier molecular flexibility index (Phi) is 11.3. The Morgan fingerprint density at radius 3 is 2.27 bits per heavy atom. The van der Waals surface area contributed by atoms with Gasteiger partial charge in [0.1, 0.15) is 30.2 Å². The first-order chi connectivity index (χ1) is 14.2. The number of nitrogen functional groups attached to an aromatic ring is 1. The molecule has 0 radical (unpaired) electrons. The van der Waals surface area contributed by atoms with E-state index in [0.29, 0.717) is 0 Å². The van der Waals surface area contributed by atoms with Crippen molar-refractivity contribution in [2.75, 3.05) is 12.3 Å². The van der Waals surface area contributed by atoms with Crippen LogP contribution in [0.1, 0.15) is 9.08 Å². The molecule has 33 heavy (non-hydrogen) atoms. The Morgan fingerprint density at radius 2 is 1.67 bits per heavy atom. The maximum Gasteiger partial charge on any atom is 1.00 e. The fourth-order valence-corrected chi connectivity index (χ4v) is 5.65. The molecule has 23 heteroatoms. The van der Waals surface area contributed by atoms with Gasteiger partial charge in [-0.2, -0.15) is 8.62 Å². The van der Waals surface area contributed by atoms with E-state index in [9.17, 15) is 28.8 Å². The zero-order valence-corrected chi connectivity index (χ0v) is 23.6. The third-order valence-electron chi connectivity index (χ3n) is 3.82. The summed E-state index contributed by atoms with van der Waals surface area (Å²) in [4.78, 5) is 47.2. The molecule has 0 saturated carbocycles. The number of rotatable bonds is 8. The molecule has 178 valence electrons. The maximum atomic E-state index is 11.8. The van der Waals surface area contributed by atoms with Crippen molar-refractivity contribution in [1.82, 2.24) is 19.5 Å². The van der Waals surface area contributed by atoms with Gasteiger partial charge in [0.15, 0.2) is 17.7 Å². The molecule has 0 spiro atoms. The van der Waals surface area contributed by atoms with Crippen molar-refractivity contribution >= 4 is 40.4 Å². The van der Waals surface area contributed by atoms with Crippen molar-refractivity contribution in [3.63, 3.8) is 0 Å². The van der Waals surface area contributed by atoms with Gasteiger partial charge in [-0.05, 0) is 0 Å². The molecular formula is C10H18N5Na2O13P3. The minimum Gasteiger partial charge on any atom is -1.00 e. The van der Waals surface area contributed by atoms with Crippen LogP contribution in [-0.2, 0) is 31.6 Å². The molecule has 0 aromatic carbocycles. The molecule has 6 atom stereocenters. The van der Waals surface area contributed by atoms with Crippen LogP contribution in [-0.4, -0.2) is 74.2 Å². The minimum atomic E-state index is -5.70. The van der Waals surface area contributed by atoms with Crippen molar-refractivity contribution in [1.29, 1.82) is 0 Å². The molecule has 0 bridgehead atoms. The number of nitrogens with two attached hydrogens (primary N) is 1. The van der Waals surface area contributed by atoms with Gasteiger partial charge in [0, 0.05) is 0 Å². The van der Waals surface area contributed by atoms with E-state index in [2.05, 4.69) is 28.1 Å². The molecule has 2 unspecified atom stereocenters. The van der Waals surface area contributed by atoms with Crippen LogP contribution < -0.4 is 64.8 Å². The van der Waals surface area contributed by atoms with E-state index in [4.69, 9.17) is 25.2 Å². The van der Waals surface area contributed by atoms with Crippen LogP contribution in [0.3, 0.4) is 0 Å². The molecule has 1 aliphatic rings. The summed E-state index contributed by atoms with van der Waals surface area (Å²) in [5, 5.41) is 20.4. The van der Waals surface area contributed by atoms with Gasteiger partial charge in [-0.15, -0.1) is 0 Å². The fraction of sp³-hybridized carbons (Fsp3) is 0.500. The normalized spacial score (nSPS) is 26.7. The summed E-state index contributed by atoms with van der Waals surface area (Å²) in [6.45, 7) is -0.956. The van der Waals surface area contributed by atoms with E-state index in [1.165, 1.54) is 10.9 Å². The number of hydrogen-bond acceptors (Lipinski definition) is 13. The maximum absolute atomic E-state index is 11.8. The van der Waals surface area contributed by atoms with E-state index in [0.717, 1.165) is 6.33 Å². The van der Waals surface area contributed by atoms with Crippen LogP contribution in [0.15, 0.2) is 12.7 Å². The number of hydrogen-bond donors (Lipinski definition) is 7. The van der Waals surface area contributed by atoms with Crippen molar-refractivity contribution in [3.8, 4) is 0 Å². The van der Waals surface area contributed by atoms with Gasteiger partial charge in [-0.3, -0.25) is 9.09 Å². The summed E-state index contributed by atoms with van der Waals surface area (Å²) in [6.07, 6.45) is -3.69. The molecule has 1 saturated heterocycles. The predicted molar refractivity (Wildman–Crippen MR) is 97.7 cm³/mol. The Morgan fingerprint density at radius 1 is 1.03 bits per heavy atom. The first-order valence-electron chi connectivity index (χ1n) is 7.92. The number of phosphoric acid groups is 3. The standard InChI is InChI=1S/C10H16N5O13P3.2Na.2H/c11-8-5-9(13-2-12-8)15(3-14-5)10-7(17)6(16)4(26-10)1-25-30(21,22)28-31(23,24)27-29(18,19)20;;;;/h2-4,6-7,10,16-17H,1H2,(H,21,22)(H,23,24)(H2,11,12,13)(H2,18,19,20);;;;/q;2*+1;2*-1/t4-,6-,7-,10-;;;;/m1..../s1. The van der Waals surface area contributed by atoms with Gasteiger partial charge in [0.2, 0.25) is 0 Å². The number of ether oxygens (including phenoxy) is 1. The third kappa shape index (κ3) is 8.06. The van der Waals surface area contributed by atoms with Crippen LogP contribution in [0.5, 0.6) is 0 Å². The topological polar surface area (TPSA) is 279 Å². The molecule has 2 aromatic rings. The first-order valence-corrected chi connectivity index (χ1v) is 12.4. The summed E-state index contributed by atoms with van der Waals surface area (Å²) < 4.78 is 51.9. The van der Waals surface area contributed by atoms with Gasteiger partial charge >= 0.3 is 82.6 Å². The molecule has 2 aromatic heterocycles. The average Bonchev–Trinajstić information content (AvgIpc) is 3.13. The summed E-state index contributed by atoms with van der Waals surface area (Å²) in [7, 11) is -16.7. The smallest absolute Gasteiger partial charge is 1.00 e. The number of imidazole rings is 1. The molecule has 18 nitrogen and oxygen atoms in total. The van der Waals surface area contributed by atoms with E-state index < -0.39 is 54.6 Å². The third-order valence-corrected chi connectivity index (χ3v) is 7.62. The number of fused-ring (bicyclic) bond motifs is 1. The molecule has 1 aliphatic heterocycles. The van der Waals surface area contributed by atoms with Gasteiger partial charge in [0.05, 0.1) is 12.9 Å². The summed E-state index contributed by atoms with van der Waals surface area (Å²) >= 11 is 0. The van der Waals surface area contributed by atoms with Gasteiger partial charge in [0.25, 0.3) is 0 Å². The number of phosphoric ester groups is 1. The van der Waals surface area contributed by atoms with Crippen LogP contribution in [0.4, 0.5) is 5.82 Å². The first kappa shape index (κ1) is 31.7. The second kappa shape index (κ2) is 11.8. The molecule has 0 amide bonds. The molecule has 0 aliphatic carbocycles. The Labute approximate surface area is 231 Å². The molecule has 3 heterocycles. The number of aliphatic hydroxyl groups is 2. The summed E-state index contributed by atoms with van der Waals surface area (Å²) in [5.74, 6) is 0.0426. The number of aliphatic hydroxyl groups excluding tert-OH is 2. The van der Waals surface area contributed by atoms with Gasteiger partial charge in [-0.25, -0.2) is 28.6 Å². The average molecular weight is 555 g/mol. The minimum absolute atomic E-state index is 0. The fourth-order valence-electron chi connectivity index (χ4n) is 2.62. The van der Waals surface area contributed by atoms with Crippen LogP contribution >= 0.6 is 23.5 Å². The summed E-state index contributed by atoms with van der Waals surface area (Å²) in [6, 6.07) is 0. The Hall–Kier alpha value is 0.640. The number of aromatic nitrogens is 4. The zero-order chi connectivity index (χ0) is 23.2. The molecule has 1 fully saturated rings. The monoisotopic (exact) mass is 555 g/mol. The second-order valence-corrected chi connectivity index (χ2v) is 10.4. The van der Waals surface area contributed by atoms with E-state index in [-0.39, 0.29) is 78.9 Å². The Balaban J connectivity index is 0.